The second-order valence-corrected chi connectivity index (χ2v) is 7.89. The van der Waals surface area contributed by atoms with Crippen LogP contribution in [0.1, 0.15) is 6.42 Å². The van der Waals surface area contributed by atoms with Gasteiger partial charge in [-0.3, -0.25) is 0 Å². The van der Waals surface area contributed by atoms with Crippen LogP contribution in [0, 0.1) is 0 Å². The van der Waals surface area contributed by atoms with Crippen molar-refractivity contribution >= 4 is 27.5 Å². The Morgan fingerprint density at radius 2 is 2.29 bits per heavy atom. The van der Waals surface area contributed by atoms with Crippen molar-refractivity contribution in [1.29, 1.82) is 0 Å². The number of phenols is 1. The van der Waals surface area contributed by atoms with E-state index in [1.807, 2.05) is 0 Å². The van der Waals surface area contributed by atoms with Crippen LogP contribution < -0.4 is 5.73 Å². The number of phenolic OH excluding ortho intramolecular Hbond substituents is 1. The number of sulfonamides is 1. The van der Waals surface area contributed by atoms with Gasteiger partial charge in [0.25, 0.3) is 0 Å². The summed E-state index contributed by atoms with van der Waals surface area (Å²) in [5.41, 5.74) is 5.67. The Morgan fingerprint density at radius 1 is 1.52 bits per heavy atom. The molecule has 118 valence electrons. The first-order valence-corrected chi connectivity index (χ1v) is 9.23. The van der Waals surface area contributed by atoms with E-state index < -0.39 is 10.0 Å². The van der Waals surface area contributed by atoms with Crippen LogP contribution in [0.25, 0.3) is 0 Å². The van der Waals surface area contributed by atoms with E-state index in [1.54, 1.807) is 18.9 Å². The number of nitrogens with two attached hydrogens (primary N) is 1. The average molecular weight is 332 g/mol. The van der Waals surface area contributed by atoms with Gasteiger partial charge >= 0.3 is 0 Å². The molecule has 1 atom stereocenters. The Bertz CT molecular complexity index is 586. The minimum atomic E-state index is -3.65. The highest BCUT2D eigenvalue weighted by Gasteiger charge is 2.33. The number of hydrogen-bond acceptors (Lipinski definition) is 6. The molecule has 3 N–H and O–H groups in total. The summed E-state index contributed by atoms with van der Waals surface area (Å²) in [6, 6.07) is 3.96. The molecule has 1 saturated heterocycles. The van der Waals surface area contributed by atoms with Crippen LogP contribution in [-0.2, 0) is 14.8 Å². The molecule has 0 spiro atoms. The zero-order valence-electron chi connectivity index (χ0n) is 11.9. The summed E-state index contributed by atoms with van der Waals surface area (Å²) in [6.07, 6.45) is 0.835. The molecule has 0 aliphatic carbocycles. The van der Waals surface area contributed by atoms with Gasteiger partial charge in [-0.1, -0.05) is 0 Å². The zero-order chi connectivity index (χ0) is 15.5. The van der Waals surface area contributed by atoms with Crippen molar-refractivity contribution in [1.82, 2.24) is 4.31 Å². The molecule has 1 aromatic rings. The Hall–Kier alpha value is -0.960. The largest absolute Gasteiger partial charge is 0.506 e. The van der Waals surface area contributed by atoms with Gasteiger partial charge in [0.05, 0.1) is 17.2 Å². The first kappa shape index (κ1) is 16.4. The van der Waals surface area contributed by atoms with Crippen LogP contribution in [0.15, 0.2) is 23.1 Å². The first-order valence-electron chi connectivity index (χ1n) is 6.64. The van der Waals surface area contributed by atoms with Crippen molar-refractivity contribution in [3.05, 3.63) is 18.2 Å². The molecule has 0 amide bonds. The quantitative estimate of drug-likeness (QED) is 0.599. The highest BCUT2D eigenvalue weighted by Crippen LogP contribution is 2.30. The van der Waals surface area contributed by atoms with Gasteiger partial charge < -0.3 is 15.6 Å². The van der Waals surface area contributed by atoms with E-state index in [0.29, 0.717) is 13.2 Å². The number of hydrogen-bond donors (Lipinski definition) is 2. The number of nitrogen functional groups attached to an aromatic ring is 1. The van der Waals surface area contributed by atoms with E-state index in [1.165, 1.54) is 22.5 Å². The van der Waals surface area contributed by atoms with E-state index in [2.05, 4.69) is 0 Å². The molecular formula is C13H20N2O4S2. The molecule has 6 nitrogen and oxygen atoms in total. The molecule has 0 bridgehead atoms. The van der Waals surface area contributed by atoms with Gasteiger partial charge in [-0.05, 0) is 30.4 Å². The summed E-state index contributed by atoms with van der Waals surface area (Å²) >= 11 is 1.75. The zero-order valence-corrected chi connectivity index (χ0v) is 13.5. The Labute approximate surface area is 129 Å². The van der Waals surface area contributed by atoms with Gasteiger partial charge in [0.2, 0.25) is 10.0 Å². The second-order valence-electron chi connectivity index (χ2n) is 4.85. The Kier molecular flexibility index (Phi) is 5.37. The monoisotopic (exact) mass is 332 g/mol. The minimum absolute atomic E-state index is 0.0230. The summed E-state index contributed by atoms with van der Waals surface area (Å²) in [5, 5.41) is 9.44. The number of benzene rings is 1. The molecule has 1 fully saturated rings. The highest BCUT2D eigenvalue weighted by atomic mass is 32.2. The average Bonchev–Trinajstić information content (AvgIpc) is 2.96. The number of aromatic hydroxyl groups is 1. The third kappa shape index (κ3) is 3.63. The molecule has 1 aromatic carbocycles. The second kappa shape index (κ2) is 6.87. The highest BCUT2D eigenvalue weighted by molar-refractivity contribution is 7.99. The number of rotatable bonds is 6. The maximum atomic E-state index is 12.8. The van der Waals surface area contributed by atoms with Crippen LogP contribution in [0.4, 0.5) is 5.69 Å². The molecule has 0 saturated carbocycles. The van der Waals surface area contributed by atoms with E-state index in [0.717, 1.165) is 17.9 Å². The molecule has 8 heteroatoms. The summed E-state index contributed by atoms with van der Waals surface area (Å²) in [7, 11) is -2.10. The lowest BCUT2D eigenvalue weighted by Gasteiger charge is -2.27. The van der Waals surface area contributed by atoms with Crippen LogP contribution in [-0.4, -0.2) is 55.6 Å². The lowest BCUT2D eigenvalue weighted by molar-refractivity contribution is 0.169. The molecule has 21 heavy (non-hydrogen) atoms. The third-order valence-electron chi connectivity index (χ3n) is 3.43. The Morgan fingerprint density at radius 3 is 2.86 bits per heavy atom. The standard InChI is InChI=1S/C13H20N2O4S2/c1-19-6-5-15(10-4-7-20-9-10)21(17,18)11-2-3-13(16)12(14)8-11/h2-3,8,10,16H,4-7,9,14H2,1H3. The normalized spacial score (nSPS) is 19.2. The van der Waals surface area contributed by atoms with Gasteiger partial charge in [-0.15, -0.1) is 0 Å². The van der Waals surface area contributed by atoms with Crippen LogP contribution >= 0.6 is 11.8 Å². The first-order chi connectivity index (χ1) is 9.96. The Balaban J connectivity index is 2.33. The summed E-state index contributed by atoms with van der Waals surface area (Å²) in [4.78, 5) is 0.103. The minimum Gasteiger partial charge on any atom is -0.506 e. The smallest absolute Gasteiger partial charge is 0.243 e. The number of methoxy groups -OCH3 is 1. The van der Waals surface area contributed by atoms with Crippen molar-refractivity contribution in [3.8, 4) is 5.75 Å². The van der Waals surface area contributed by atoms with E-state index in [-0.39, 0.29) is 22.4 Å². The van der Waals surface area contributed by atoms with Crippen molar-refractivity contribution in [2.24, 2.45) is 0 Å². The van der Waals surface area contributed by atoms with Gasteiger partial charge in [0.1, 0.15) is 5.75 Å². The number of nitrogens with zero attached hydrogens (tertiary/aromatic N) is 1. The lowest BCUT2D eigenvalue weighted by atomic mass is 10.3. The van der Waals surface area contributed by atoms with Crippen LogP contribution in [0.2, 0.25) is 0 Å². The molecule has 1 unspecified atom stereocenters. The van der Waals surface area contributed by atoms with E-state index in [4.69, 9.17) is 10.5 Å². The van der Waals surface area contributed by atoms with Crippen LogP contribution in [0.3, 0.4) is 0 Å². The van der Waals surface area contributed by atoms with Crippen molar-refractivity contribution in [2.75, 3.05) is 37.5 Å². The summed E-state index contributed by atoms with van der Waals surface area (Å²) in [6.45, 7) is 0.652. The number of ether oxygens (including phenoxy) is 1. The lowest BCUT2D eigenvalue weighted by Crippen LogP contribution is -2.42. The van der Waals surface area contributed by atoms with Gasteiger partial charge in [0.15, 0.2) is 0 Å². The number of anilines is 1. The predicted octanol–water partition coefficient (Wildman–Crippen LogP) is 1.12. The van der Waals surface area contributed by atoms with Gasteiger partial charge in [-0.2, -0.15) is 16.1 Å². The predicted molar refractivity (Wildman–Crippen MR) is 84.0 cm³/mol. The topological polar surface area (TPSA) is 92.9 Å². The fourth-order valence-electron chi connectivity index (χ4n) is 2.26. The van der Waals surface area contributed by atoms with Crippen molar-refractivity contribution in [2.45, 2.75) is 17.4 Å². The molecule has 1 aliphatic heterocycles. The van der Waals surface area contributed by atoms with Gasteiger partial charge in [-0.25, -0.2) is 8.42 Å². The van der Waals surface area contributed by atoms with Crippen LogP contribution in [0.5, 0.6) is 5.75 Å². The fraction of sp³-hybridized carbons (Fsp3) is 0.538. The van der Waals surface area contributed by atoms with Gasteiger partial charge in [0, 0.05) is 25.4 Å². The molecule has 0 radical (unpaired) electrons. The third-order valence-corrected chi connectivity index (χ3v) is 6.53. The maximum Gasteiger partial charge on any atom is 0.243 e. The maximum absolute atomic E-state index is 12.8. The molecule has 1 aliphatic rings. The summed E-state index contributed by atoms with van der Waals surface area (Å²) < 4.78 is 32.1. The molecule has 0 aromatic heterocycles. The molecule has 1 heterocycles. The van der Waals surface area contributed by atoms with E-state index in [9.17, 15) is 13.5 Å². The fourth-order valence-corrected chi connectivity index (χ4v) is 5.25. The number of thioether (sulfide) groups is 1. The molecular weight excluding hydrogens is 312 g/mol. The van der Waals surface area contributed by atoms with Crippen molar-refractivity contribution in [3.63, 3.8) is 0 Å². The molecule has 2 rings (SSSR count). The SMILES string of the molecule is COCCN(C1CCSC1)S(=O)(=O)c1ccc(O)c(N)c1. The van der Waals surface area contributed by atoms with E-state index >= 15 is 0 Å². The van der Waals surface area contributed by atoms with Crippen molar-refractivity contribution < 1.29 is 18.3 Å². The summed E-state index contributed by atoms with van der Waals surface area (Å²) in [5.74, 6) is 1.63.